The summed E-state index contributed by atoms with van der Waals surface area (Å²) in [6.07, 6.45) is 13.1. The van der Waals surface area contributed by atoms with Crippen molar-refractivity contribution in [3.8, 4) is 0 Å². The lowest BCUT2D eigenvalue weighted by molar-refractivity contribution is -0.185. The van der Waals surface area contributed by atoms with Crippen molar-refractivity contribution in [2.45, 2.75) is 77.9 Å². The Morgan fingerprint density at radius 1 is 1.07 bits per heavy atom. The van der Waals surface area contributed by atoms with Crippen LogP contribution >= 0.6 is 15.9 Å². The zero-order valence-electron chi connectivity index (χ0n) is 17.4. The van der Waals surface area contributed by atoms with Gasteiger partial charge in [0.25, 0.3) is 0 Å². The van der Waals surface area contributed by atoms with E-state index in [-0.39, 0.29) is 5.79 Å². The normalized spacial score (nSPS) is 49.3. The molecule has 1 spiro atoms. The summed E-state index contributed by atoms with van der Waals surface area (Å²) < 4.78 is 12.2. The van der Waals surface area contributed by atoms with Crippen molar-refractivity contribution in [1.29, 1.82) is 0 Å². The first-order valence-electron chi connectivity index (χ1n) is 11.5. The first-order valence-corrected chi connectivity index (χ1v) is 12.6. The Labute approximate surface area is 174 Å². The van der Waals surface area contributed by atoms with E-state index in [1.165, 1.54) is 38.5 Å². The fraction of sp³-hybridized carbons (Fsp3) is 0.917. The van der Waals surface area contributed by atoms with E-state index in [1.807, 2.05) is 0 Å². The van der Waals surface area contributed by atoms with Crippen LogP contribution in [0.3, 0.4) is 0 Å². The molecule has 3 heteroatoms. The molecule has 0 bridgehead atoms. The highest BCUT2D eigenvalue weighted by atomic mass is 79.9. The van der Waals surface area contributed by atoms with E-state index in [2.05, 4.69) is 42.8 Å². The molecule has 7 atom stereocenters. The maximum absolute atomic E-state index is 6.08. The van der Waals surface area contributed by atoms with E-state index in [0.29, 0.717) is 10.8 Å². The summed E-state index contributed by atoms with van der Waals surface area (Å²) in [5.41, 5.74) is 2.64. The maximum Gasteiger partial charge on any atom is 0.172 e. The van der Waals surface area contributed by atoms with E-state index in [4.69, 9.17) is 9.47 Å². The monoisotopic (exact) mass is 436 g/mol. The minimum Gasteiger partial charge on any atom is -0.347 e. The molecular formula is C24H37BrO2. The highest BCUT2D eigenvalue weighted by Crippen LogP contribution is 2.67. The molecule has 1 heterocycles. The minimum absolute atomic E-state index is 0.273. The van der Waals surface area contributed by atoms with Gasteiger partial charge in [-0.25, -0.2) is 0 Å². The molecule has 4 aliphatic carbocycles. The summed E-state index contributed by atoms with van der Waals surface area (Å²) in [6.45, 7) is 9.28. The van der Waals surface area contributed by atoms with Crippen LogP contribution in [0.15, 0.2) is 11.6 Å². The third-order valence-corrected chi connectivity index (χ3v) is 10.9. The first kappa shape index (κ1) is 19.1. The average molecular weight is 437 g/mol. The van der Waals surface area contributed by atoms with Gasteiger partial charge in [-0.05, 0) is 78.9 Å². The summed E-state index contributed by atoms with van der Waals surface area (Å²) >= 11 is 3.78. The van der Waals surface area contributed by atoms with Crippen LogP contribution in [0.2, 0.25) is 0 Å². The standard InChI is InChI=1S/C24H37BrO2/c1-16(15-25)19-6-7-20-18-5-4-17-14-24(26-12-13-27-24)11-10-22(17,2)21(18)8-9-23(19,20)3/h4,16,18-21H,5-15H2,1-3H3/t16-,18?,19?,20?,21?,22?,23?/m1/s1. The van der Waals surface area contributed by atoms with E-state index in [0.717, 1.165) is 61.0 Å². The summed E-state index contributed by atoms with van der Waals surface area (Å²) in [5, 5.41) is 1.16. The molecule has 0 radical (unpaired) electrons. The van der Waals surface area contributed by atoms with Crippen LogP contribution in [0.5, 0.6) is 0 Å². The molecule has 1 saturated heterocycles. The lowest BCUT2D eigenvalue weighted by Gasteiger charge is -2.59. The molecule has 27 heavy (non-hydrogen) atoms. The van der Waals surface area contributed by atoms with Crippen molar-refractivity contribution in [1.82, 2.24) is 0 Å². The van der Waals surface area contributed by atoms with E-state index < -0.39 is 0 Å². The number of halogens is 1. The van der Waals surface area contributed by atoms with Crippen LogP contribution in [-0.2, 0) is 9.47 Å². The third kappa shape index (κ3) is 2.70. The molecule has 0 aromatic rings. The van der Waals surface area contributed by atoms with Crippen molar-refractivity contribution in [3.63, 3.8) is 0 Å². The lowest BCUT2D eigenvalue weighted by atomic mass is 9.47. The molecule has 4 fully saturated rings. The van der Waals surface area contributed by atoms with Crippen molar-refractivity contribution >= 4 is 15.9 Å². The van der Waals surface area contributed by atoms with Gasteiger partial charge in [0, 0.05) is 18.2 Å². The smallest absolute Gasteiger partial charge is 0.172 e. The minimum atomic E-state index is -0.273. The summed E-state index contributed by atoms with van der Waals surface area (Å²) in [5.74, 6) is 4.18. The largest absolute Gasteiger partial charge is 0.347 e. The molecule has 3 saturated carbocycles. The number of hydrogen-bond acceptors (Lipinski definition) is 2. The van der Waals surface area contributed by atoms with Gasteiger partial charge in [-0.2, -0.15) is 0 Å². The molecule has 1 aliphatic heterocycles. The lowest BCUT2D eigenvalue weighted by Crippen LogP contribution is -2.52. The van der Waals surface area contributed by atoms with Gasteiger partial charge in [0.2, 0.25) is 0 Å². The maximum atomic E-state index is 6.08. The van der Waals surface area contributed by atoms with Gasteiger partial charge >= 0.3 is 0 Å². The first-order chi connectivity index (χ1) is 12.9. The van der Waals surface area contributed by atoms with E-state index >= 15 is 0 Å². The number of hydrogen-bond donors (Lipinski definition) is 0. The molecule has 5 rings (SSSR count). The Bertz CT molecular complexity index is 624. The SMILES string of the molecule is C[C@H](CBr)C1CCC2C3CC=C4CC5(CCC4(C)C3CCC21C)OCCO5. The molecular weight excluding hydrogens is 400 g/mol. The second-order valence-corrected chi connectivity index (χ2v) is 11.6. The number of alkyl halides is 1. The quantitative estimate of drug-likeness (QED) is 0.371. The van der Waals surface area contributed by atoms with Crippen LogP contribution in [-0.4, -0.2) is 24.3 Å². The molecule has 6 unspecified atom stereocenters. The van der Waals surface area contributed by atoms with Gasteiger partial charge in [0.15, 0.2) is 5.79 Å². The van der Waals surface area contributed by atoms with Gasteiger partial charge < -0.3 is 9.47 Å². The zero-order chi connectivity index (χ0) is 18.9. The zero-order valence-corrected chi connectivity index (χ0v) is 19.0. The van der Waals surface area contributed by atoms with Crippen molar-refractivity contribution in [2.24, 2.45) is 40.4 Å². The fourth-order valence-electron chi connectivity index (χ4n) is 8.43. The van der Waals surface area contributed by atoms with E-state index in [1.54, 1.807) is 5.57 Å². The van der Waals surface area contributed by atoms with Crippen LogP contribution in [0.25, 0.3) is 0 Å². The predicted molar refractivity (Wildman–Crippen MR) is 113 cm³/mol. The van der Waals surface area contributed by atoms with Crippen LogP contribution < -0.4 is 0 Å². The van der Waals surface area contributed by atoms with Crippen LogP contribution in [0.4, 0.5) is 0 Å². The number of fused-ring (bicyclic) bond motifs is 5. The Kier molecular flexibility index (Phi) is 4.65. The number of rotatable bonds is 2. The van der Waals surface area contributed by atoms with Crippen LogP contribution in [0, 0.1) is 40.4 Å². The van der Waals surface area contributed by atoms with Gasteiger partial charge in [-0.3, -0.25) is 0 Å². The fourth-order valence-corrected chi connectivity index (χ4v) is 8.88. The van der Waals surface area contributed by atoms with Crippen molar-refractivity contribution in [3.05, 3.63) is 11.6 Å². The molecule has 0 amide bonds. The Morgan fingerprint density at radius 2 is 1.85 bits per heavy atom. The Morgan fingerprint density at radius 3 is 2.59 bits per heavy atom. The summed E-state index contributed by atoms with van der Waals surface area (Å²) in [7, 11) is 0. The Balaban J connectivity index is 1.42. The highest BCUT2D eigenvalue weighted by Gasteiger charge is 2.60. The third-order valence-electron chi connectivity index (χ3n) is 9.93. The molecule has 5 aliphatic rings. The predicted octanol–water partition coefficient (Wildman–Crippen LogP) is 6.34. The Hall–Kier alpha value is 0.140. The van der Waals surface area contributed by atoms with Crippen LogP contribution in [0.1, 0.15) is 72.1 Å². The summed E-state index contributed by atoms with van der Waals surface area (Å²) in [6, 6.07) is 0. The molecule has 0 aromatic heterocycles. The van der Waals surface area contributed by atoms with Gasteiger partial charge in [0.1, 0.15) is 0 Å². The summed E-state index contributed by atoms with van der Waals surface area (Å²) in [4.78, 5) is 0. The van der Waals surface area contributed by atoms with Gasteiger partial charge in [-0.1, -0.05) is 48.4 Å². The van der Waals surface area contributed by atoms with Gasteiger partial charge in [-0.15, -0.1) is 0 Å². The molecule has 152 valence electrons. The topological polar surface area (TPSA) is 18.5 Å². The van der Waals surface area contributed by atoms with Gasteiger partial charge in [0.05, 0.1) is 13.2 Å². The van der Waals surface area contributed by atoms with E-state index in [9.17, 15) is 0 Å². The second-order valence-electron chi connectivity index (χ2n) is 10.9. The number of ether oxygens (including phenoxy) is 2. The molecule has 0 N–H and O–H groups in total. The average Bonchev–Trinajstić information content (AvgIpc) is 3.26. The molecule has 2 nitrogen and oxygen atoms in total. The molecule has 0 aromatic carbocycles. The van der Waals surface area contributed by atoms with Crippen molar-refractivity contribution in [2.75, 3.05) is 18.5 Å². The second kappa shape index (κ2) is 6.57. The van der Waals surface area contributed by atoms with Crippen molar-refractivity contribution < 1.29 is 9.47 Å². The highest BCUT2D eigenvalue weighted by molar-refractivity contribution is 9.09. The number of allylic oxidation sites excluding steroid dienone is 1.